The Morgan fingerprint density at radius 1 is 1.15 bits per heavy atom. The molecule has 0 N–H and O–H groups in total. The number of furan rings is 1. The number of rotatable bonds is 5. The summed E-state index contributed by atoms with van der Waals surface area (Å²) in [5, 5.41) is 0.883. The molecule has 5 rings (SSSR count). The molecule has 4 aromatic rings. The lowest BCUT2D eigenvalue weighted by atomic mass is 9.99. The van der Waals surface area contributed by atoms with Crippen molar-refractivity contribution in [3.8, 4) is 0 Å². The number of aromatic nitrogens is 2. The van der Waals surface area contributed by atoms with Crippen molar-refractivity contribution in [1.29, 1.82) is 0 Å². The van der Waals surface area contributed by atoms with Crippen molar-refractivity contribution in [3.63, 3.8) is 0 Å². The summed E-state index contributed by atoms with van der Waals surface area (Å²) < 4.78 is 7.68. The molecule has 1 aliphatic rings. The average Bonchev–Trinajstić information content (AvgIpc) is 3.45. The van der Waals surface area contributed by atoms with Gasteiger partial charge < -0.3 is 18.6 Å². The van der Waals surface area contributed by atoms with Crippen LogP contribution in [-0.4, -0.2) is 58.2 Å². The maximum absolute atomic E-state index is 12.9. The van der Waals surface area contributed by atoms with E-state index in [0.29, 0.717) is 30.7 Å². The zero-order chi connectivity index (χ0) is 22.9. The Balaban J connectivity index is 1.26. The van der Waals surface area contributed by atoms with Crippen LogP contribution >= 0.6 is 0 Å². The highest BCUT2D eigenvalue weighted by Gasteiger charge is 2.20. The van der Waals surface area contributed by atoms with Crippen molar-refractivity contribution in [1.82, 2.24) is 19.2 Å². The fourth-order valence-electron chi connectivity index (χ4n) is 4.24. The number of fused-ring (bicyclic) bond motifs is 2. The third-order valence-corrected chi connectivity index (χ3v) is 6.02. The summed E-state index contributed by atoms with van der Waals surface area (Å²) in [5.74, 6) is 0.307. The molecule has 4 heterocycles. The molecule has 2 amide bonds. The van der Waals surface area contributed by atoms with Crippen LogP contribution in [0.5, 0.6) is 0 Å². The molecule has 0 bridgehead atoms. The molecule has 0 aliphatic carbocycles. The molecule has 0 unspecified atom stereocenters. The first-order chi connectivity index (χ1) is 16.0. The van der Waals surface area contributed by atoms with Crippen LogP contribution in [0, 0.1) is 0 Å². The lowest BCUT2D eigenvalue weighted by molar-refractivity contribution is -0.130. The first kappa shape index (κ1) is 21.0. The first-order valence-electron chi connectivity index (χ1n) is 11.1. The minimum atomic E-state index is -0.160. The maximum atomic E-state index is 12.9. The highest BCUT2D eigenvalue weighted by Crippen LogP contribution is 2.27. The largest absolute Gasteiger partial charge is 0.451 e. The predicted octanol–water partition coefficient (Wildman–Crippen LogP) is 4.03. The van der Waals surface area contributed by atoms with Crippen LogP contribution < -0.4 is 0 Å². The molecule has 0 fully saturated rings. The summed E-state index contributed by atoms with van der Waals surface area (Å²) in [6.45, 7) is 1.31. The molecule has 0 atom stereocenters. The van der Waals surface area contributed by atoms with Crippen molar-refractivity contribution in [2.24, 2.45) is 0 Å². The van der Waals surface area contributed by atoms with Crippen molar-refractivity contribution in [3.05, 3.63) is 78.0 Å². The lowest BCUT2D eigenvalue weighted by Gasteiger charge is -2.27. The number of hydrogen-bond donors (Lipinski definition) is 0. The van der Waals surface area contributed by atoms with Gasteiger partial charge in [0.15, 0.2) is 5.76 Å². The van der Waals surface area contributed by atoms with Gasteiger partial charge in [-0.05, 0) is 54.3 Å². The molecule has 0 saturated heterocycles. The molecule has 0 radical (unpaired) electrons. The van der Waals surface area contributed by atoms with Gasteiger partial charge in [-0.1, -0.05) is 18.2 Å². The van der Waals surface area contributed by atoms with Crippen molar-refractivity contribution in [2.45, 2.75) is 19.3 Å². The quantitative estimate of drug-likeness (QED) is 0.468. The molecule has 0 spiro atoms. The summed E-state index contributed by atoms with van der Waals surface area (Å²) in [4.78, 5) is 33.1. The number of pyridine rings is 1. The van der Waals surface area contributed by atoms with Crippen molar-refractivity contribution < 1.29 is 14.0 Å². The fourth-order valence-corrected chi connectivity index (χ4v) is 4.24. The number of aryl methyl sites for hydroxylation is 1. The van der Waals surface area contributed by atoms with Crippen LogP contribution in [0.1, 0.15) is 34.7 Å². The maximum Gasteiger partial charge on any atom is 0.289 e. The molecular weight excluding hydrogens is 416 g/mol. The van der Waals surface area contributed by atoms with E-state index in [1.54, 1.807) is 20.2 Å². The van der Waals surface area contributed by atoms with Crippen LogP contribution in [-0.2, 0) is 11.2 Å². The van der Waals surface area contributed by atoms with E-state index < -0.39 is 0 Å². The van der Waals surface area contributed by atoms with Crippen LogP contribution in [0.3, 0.4) is 0 Å². The van der Waals surface area contributed by atoms with E-state index in [0.717, 1.165) is 40.8 Å². The Morgan fingerprint density at radius 3 is 2.85 bits per heavy atom. The smallest absolute Gasteiger partial charge is 0.289 e. The van der Waals surface area contributed by atoms with E-state index in [2.05, 4.69) is 11.1 Å². The second-order valence-electron chi connectivity index (χ2n) is 8.59. The van der Waals surface area contributed by atoms with Crippen LogP contribution in [0.4, 0.5) is 0 Å². The highest BCUT2D eigenvalue weighted by atomic mass is 16.3. The van der Waals surface area contributed by atoms with Crippen molar-refractivity contribution in [2.75, 3.05) is 27.2 Å². The van der Waals surface area contributed by atoms with E-state index in [9.17, 15) is 9.59 Å². The van der Waals surface area contributed by atoms with E-state index in [1.807, 2.05) is 58.1 Å². The number of benzene rings is 1. The van der Waals surface area contributed by atoms with Gasteiger partial charge in [-0.15, -0.1) is 0 Å². The summed E-state index contributed by atoms with van der Waals surface area (Å²) in [6, 6.07) is 13.6. The molecular formula is C26H26N4O3. The van der Waals surface area contributed by atoms with Gasteiger partial charge in [0, 0.05) is 51.4 Å². The topological polar surface area (TPSA) is 71.1 Å². The van der Waals surface area contributed by atoms with Gasteiger partial charge in [-0.2, -0.15) is 0 Å². The second kappa shape index (κ2) is 8.58. The first-order valence-corrected chi connectivity index (χ1v) is 11.1. The number of amides is 2. The van der Waals surface area contributed by atoms with E-state index >= 15 is 0 Å². The second-order valence-corrected chi connectivity index (χ2v) is 8.59. The molecule has 33 heavy (non-hydrogen) atoms. The fraction of sp³-hybridized carbons (Fsp3) is 0.269. The van der Waals surface area contributed by atoms with Crippen molar-refractivity contribution >= 4 is 34.0 Å². The Bertz CT molecular complexity index is 1350. The summed E-state index contributed by atoms with van der Waals surface area (Å²) in [5.41, 5.74) is 4.67. The Labute approximate surface area is 191 Å². The minimum Gasteiger partial charge on any atom is -0.451 e. The third-order valence-electron chi connectivity index (χ3n) is 6.02. The number of carbonyl (C=O) groups excluding carboxylic acids is 2. The molecule has 1 aliphatic heterocycles. The molecule has 168 valence electrons. The van der Waals surface area contributed by atoms with Crippen LogP contribution in [0.25, 0.3) is 22.2 Å². The Hall–Kier alpha value is -3.87. The van der Waals surface area contributed by atoms with E-state index in [4.69, 9.17) is 4.42 Å². The summed E-state index contributed by atoms with van der Waals surface area (Å²) in [6.07, 6.45) is 8.03. The van der Waals surface area contributed by atoms with Gasteiger partial charge in [-0.25, -0.2) is 4.98 Å². The number of nitrogens with zero attached hydrogens (tertiary/aromatic N) is 4. The zero-order valence-corrected chi connectivity index (χ0v) is 18.8. The number of hydrogen-bond acceptors (Lipinski definition) is 4. The lowest BCUT2D eigenvalue weighted by Crippen LogP contribution is -2.35. The van der Waals surface area contributed by atoms with Gasteiger partial charge >= 0.3 is 0 Å². The Morgan fingerprint density at radius 2 is 2.03 bits per heavy atom. The highest BCUT2D eigenvalue weighted by molar-refractivity contribution is 5.96. The number of imidazole rings is 1. The van der Waals surface area contributed by atoms with Gasteiger partial charge in [-0.3, -0.25) is 9.59 Å². The molecule has 0 saturated carbocycles. The van der Waals surface area contributed by atoms with E-state index in [-0.39, 0.29) is 11.8 Å². The monoisotopic (exact) mass is 442 g/mol. The molecule has 1 aromatic carbocycles. The average molecular weight is 443 g/mol. The Kier molecular flexibility index (Phi) is 5.46. The summed E-state index contributed by atoms with van der Waals surface area (Å²) in [7, 11) is 3.41. The van der Waals surface area contributed by atoms with Crippen LogP contribution in [0.2, 0.25) is 0 Å². The van der Waals surface area contributed by atoms with Gasteiger partial charge in [0.25, 0.3) is 5.91 Å². The molecule has 7 heteroatoms. The SMILES string of the molecule is CN(C)C(=O)c1cc2cc(C3=CCCN(C(=O)CCc4cn5ccccc5n4)C3)ccc2o1. The molecule has 7 nitrogen and oxygen atoms in total. The van der Waals surface area contributed by atoms with Gasteiger partial charge in [0.1, 0.15) is 11.2 Å². The summed E-state index contributed by atoms with van der Waals surface area (Å²) >= 11 is 0. The normalized spacial score (nSPS) is 14.0. The van der Waals surface area contributed by atoms with Crippen LogP contribution in [0.15, 0.2) is 65.4 Å². The number of carbonyl (C=O) groups is 2. The molecule has 3 aromatic heterocycles. The standard InChI is InChI=1S/C26H26N4O3/c1-28(2)26(32)23-15-20-14-18(8-10-22(20)33-23)19-6-5-13-30(16-19)25(31)11-9-21-17-29-12-4-3-7-24(29)27-21/h3-4,6-8,10,12,14-15,17H,5,9,11,13,16H2,1-2H3. The van der Waals surface area contributed by atoms with Gasteiger partial charge in [0.2, 0.25) is 5.91 Å². The zero-order valence-electron chi connectivity index (χ0n) is 18.8. The van der Waals surface area contributed by atoms with E-state index in [1.165, 1.54) is 4.90 Å². The minimum absolute atomic E-state index is 0.140. The van der Waals surface area contributed by atoms with Gasteiger partial charge in [0.05, 0.1) is 5.69 Å². The predicted molar refractivity (Wildman–Crippen MR) is 127 cm³/mol. The third kappa shape index (κ3) is 4.26.